The van der Waals surface area contributed by atoms with Gasteiger partial charge < -0.3 is 19.8 Å². The number of ether oxygens (including phenoxy) is 1. The summed E-state index contributed by atoms with van der Waals surface area (Å²) in [5, 5.41) is 6.64. The van der Waals surface area contributed by atoms with E-state index in [2.05, 4.69) is 31.5 Å². The fourth-order valence-corrected chi connectivity index (χ4v) is 3.89. The van der Waals surface area contributed by atoms with Crippen LogP contribution in [0.25, 0.3) is 33.3 Å². The largest absolute Gasteiger partial charge is 0.452 e. The van der Waals surface area contributed by atoms with Crippen molar-refractivity contribution in [1.82, 2.24) is 14.9 Å². The van der Waals surface area contributed by atoms with E-state index in [1.54, 1.807) is 23.8 Å². The molecule has 9 heteroatoms. The topological polar surface area (TPSA) is 98.4 Å². The van der Waals surface area contributed by atoms with Crippen molar-refractivity contribution in [2.75, 3.05) is 32.1 Å². The number of nitrogens with zero attached hydrogens (tertiary/aromatic N) is 2. The van der Waals surface area contributed by atoms with Gasteiger partial charge in [-0.25, -0.2) is 4.79 Å². The second kappa shape index (κ2) is 9.64. The number of amides is 1. The minimum Gasteiger partial charge on any atom is -0.452 e. The molecule has 4 aromatic rings. The van der Waals surface area contributed by atoms with Gasteiger partial charge in [0.2, 0.25) is 5.91 Å². The molecule has 1 amide bonds. The molecule has 32 heavy (non-hydrogen) atoms. The summed E-state index contributed by atoms with van der Waals surface area (Å²) in [5.74, 6) is -0.122. The third-order valence-electron chi connectivity index (χ3n) is 5.04. The van der Waals surface area contributed by atoms with Crippen LogP contribution in [0.5, 0.6) is 0 Å². The zero-order chi connectivity index (χ0) is 22.7. The standard InChI is InChI=1S/C23H23BrN4O4/c1-3-25-13-19(29)26-16-7-4-14(5-8-16)20-22-21(28(10-11-31-2)23(30)27-20)17-12-15(24)6-9-18(17)32-22/h4-9,12,25H,3,10-11,13H2,1-2H3,(H,26,29). The summed E-state index contributed by atoms with van der Waals surface area (Å²) in [4.78, 5) is 29.2. The zero-order valence-corrected chi connectivity index (χ0v) is 19.4. The summed E-state index contributed by atoms with van der Waals surface area (Å²) in [6.45, 7) is 3.64. The number of halogens is 1. The maximum Gasteiger partial charge on any atom is 0.348 e. The molecule has 2 aromatic heterocycles. The molecule has 2 aromatic carbocycles. The second-order valence-electron chi connectivity index (χ2n) is 7.21. The summed E-state index contributed by atoms with van der Waals surface area (Å²) < 4.78 is 13.8. The molecule has 0 aliphatic carbocycles. The predicted molar refractivity (Wildman–Crippen MR) is 128 cm³/mol. The van der Waals surface area contributed by atoms with E-state index in [0.717, 1.165) is 16.4 Å². The molecule has 4 rings (SSSR count). The van der Waals surface area contributed by atoms with Gasteiger partial charge >= 0.3 is 5.69 Å². The van der Waals surface area contributed by atoms with E-state index in [1.165, 1.54) is 0 Å². The van der Waals surface area contributed by atoms with Gasteiger partial charge in [0.05, 0.1) is 19.7 Å². The molecule has 0 fully saturated rings. The smallest absolute Gasteiger partial charge is 0.348 e. The molecule has 0 spiro atoms. The van der Waals surface area contributed by atoms with Crippen LogP contribution in [0.2, 0.25) is 0 Å². The molecule has 0 aliphatic rings. The van der Waals surface area contributed by atoms with E-state index in [9.17, 15) is 9.59 Å². The highest BCUT2D eigenvalue weighted by Gasteiger charge is 2.19. The second-order valence-corrected chi connectivity index (χ2v) is 8.13. The molecule has 0 bridgehead atoms. The van der Waals surface area contributed by atoms with Crippen molar-refractivity contribution in [3.63, 3.8) is 0 Å². The quantitative estimate of drug-likeness (QED) is 0.383. The highest BCUT2D eigenvalue weighted by Crippen LogP contribution is 2.35. The number of carbonyl (C=O) groups is 1. The number of nitrogens with one attached hydrogen (secondary N) is 2. The van der Waals surface area contributed by atoms with Gasteiger partial charge in [-0.2, -0.15) is 4.98 Å². The van der Waals surface area contributed by atoms with E-state index >= 15 is 0 Å². The Hall–Kier alpha value is -3.01. The molecule has 0 atom stereocenters. The van der Waals surface area contributed by atoms with Crippen LogP contribution >= 0.6 is 15.9 Å². The number of hydrogen-bond donors (Lipinski definition) is 2. The number of rotatable bonds is 8. The molecule has 0 aliphatic heterocycles. The molecule has 0 radical (unpaired) electrons. The lowest BCUT2D eigenvalue weighted by molar-refractivity contribution is -0.115. The van der Waals surface area contributed by atoms with Gasteiger partial charge in [0, 0.05) is 28.2 Å². The van der Waals surface area contributed by atoms with Gasteiger partial charge in [-0.05, 0) is 36.9 Å². The van der Waals surface area contributed by atoms with Gasteiger partial charge in [-0.3, -0.25) is 9.36 Å². The third-order valence-corrected chi connectivity index (χ3v) is 5.54. The number of methoxy groups -OCH3 is 1. The Kier molecular flexibility index (Phi) is 6.69. The van der Waals surface area contributed by atoms with Crippen LogP contribution in [0.4, 0.5) is 5.69 Å². The van der Waals surface area contributed by atoms with Crippen LogP contribution < -0.4 is 16.3 Å². The van der Waals surface area contributed by atoms with Crippen LogP contribution in [-0.4, -0.2) is 42.3 Å². The Morgan fingerprint density at radius 3 is 2.72 bits per heavy atom. The molecule has 2 heterocycles. The van der Waals surface area contributed by atoms with E-state index in [0.29, 0.717) is 46.8 Å². The lowest BCUT2D eigenvalue weighted by Gasteiger charge is -2.10. The van der Waals surface area contributed by atoms with Crippen LogP contribution in [0.15, 0.2) is 56.1 Å². The average Bonchev–Trinajstić information content (AvgIpc) is 3.16. The Morgan fingerprint density at radius 2 is 2.00 bits per heavy atom. The normalized spacial score (nSPS) is 11.3. The first-order valence-corrected chi connectivity index (χ1v) is 11.0. The number of anilines is 1. The molecule has 0 saturated heterocycles. The number of fused-ring (bicyclic) bond motifs is 3. The van der Waals surface area contributed by atoms with Crippen molar-refractivity contribution in [3.05, 3.63) is 57.4 Å². The fraction of sp³-hybridized carbons (Fsp3) is 0.261. The number of carbonyl (C=O) groups excluding carboxylic acids is 1. The van der Waals surface area contributed by atoms with Crippen molar-refractivity contribution in [3.8, 4) is 11.3 Å². The monoisotopic (exact) mass is 498 g/mol. The number of hydrogen-bond acceptors (Lipinski definition) is 6. The fourth-order valence-electron chi connectivity index (χ4n) is 3.53. The minimum atomic E-state index is -0.379. The molecule has 166 valence electrons. The van der Waals surface area contributed by atoms with E-state index in [1.807, 2.05) is 37.3 Å². The van der Waals surface area contributed by atoms with Gasteiger partial charge in [-0.15, -0.1) is 0 Å². The predicted octanol–water partition coefficient (Wildman–Crippen LogP) is 3.77. The van der Waals surface area contributed by atoms with Crippen LogP contribution in [0.1, 0.15) is 6.92 Å². The summed E-state index contributed by atoms with van der Waals surface area (Å²) in [6.07, 6.45) is 0. The van der Waals surface area contributed by atoms with Gasteiger partial charge in [-0.1, -0.05) is 35.0 Å². The molecular formula is C23H23BrN4O4. The molecule has 0 saturated carbocycles. The summed E-state index contributed by atoms with van der Waals surface area (Å²) in [6, 6.07) is 12.9. The summed E-state index contributed by atoms with van der Waals surface area (Å²) >= 11 is 3.50. The van der Waals surface area contributed by atoms with E-state index in [-0.39, 0.29) is 18.1 Å². The lowest BCUT2D eigenvalue weighted by Crippen LogP contribution is -2.27. The number of furan rings is 1. The van der Waals surface area contributed by atoms with Crippen molar-refractivity contribution in [1.29, 1.82) is 0 Å². The molecular weight excluding hydrogens is 476 g/mol. The summed E-state index contributed by atoms with van der Waals surface area (Å²) in [7, 11) is 1.59. The molecule has 8 nitrogen and oxygen atoms in total. The molecule has 2 N–H and O–H groups in total. The van der Waals surface area contributed by atoms with Crippen molar-refractivity contribution in [2.24, 2.45) is 0 Å². The number of aromatic nitrogens is 2. The Bertz CT molecular complexity index is 1330. The van der Waals surface area contributed by atoms with Crippen LogP contribution in [-0.2, 0) is 16.1 Å². The lowest BCUT2D eigenvalue weighted by atomic mass is 10.1. The highest BCUT2D eigenvalue weighted by molar-refractivity contribution is 9.10. The Labute approximate surface area is 192 Å². The summed E-state index contributed by atoms with van der Waals surface area (Å²) in [5.41, 5.74) is 3.32. The zero-order valence-electron chi connectivity index (χ0n) is 17.8. The first kappa shape index (κ1) is 22.2. The highest BCUT2D eigenvalue weighted by atomic mass is 79.9. The van der Waals surface area contributed by atoms with E-state index in [4.69, 9.17) is 9.15 Å². The third kappa shape index (κ3) is 4.45. The molecule has 0 unspecified atom stereocenters. The van der Waals surface area contributed by atoms with Gasteiger partial charge in [0.25, 0.3) is 0 Å². The first-order valence-electron chi connectivity index (χ1n) is 10.2. The Morgan fingerprint density at radius 1 is 1.22 bits per heavy atom. The maximum atomic E-state index is 13.0. The average molecular weight is 499 g/mol. The number of likely N-dealkylation sites (N-methyl/N-ethyl adjacent to an activating group) is 1. The maximum absolute atomic E-state index is 13.0. The van der Waals surface area contributed by atoms with Crippen molar-refractivity contribution < 1.29 is 13.9 Å². The SMILES string of the molecule is CCNCC(=O)Nc1ccc(-c2nc(=O)n(CCOC)c3c2oc2ccc(Br)cc23)cc1. The van der Waals surface area contributed by atoms with Crippen LogP contribution in [0, 0.1) is 0 Å². The Balaban J connectivity index is 1.80. The number of benzene rings is 2. The minimum absolute atomic E-state index is 0.122. The van der Waals surface area contributed by atoms with Crippen molar-refractivity contribution >= 4 is 49.6 Å². The van der Waals surface area contributed by atoms with Gasteiger partial charge in [0.1, 0.15) is 16.8 Å². The van der Waals surface area contributed by atoms with Gasteiger partial charge in [0.15, 0.2) is 5.58 Å². The first-order chi connectivity index (χ1) is 15.5. The van der Waals surface area contributed by atoms with Crippen LogP contribution in [0.3, 0.4) is 0 Å². The van der Waals surface area contributed by atoms with Crippen molar-refractivity contribution in [2.45, 2.75) is 13.5 Å². The van der Waals surface area contributed by atoms with E-state index < -0.39 is 0 Å².